The standard InChI is InChI=1S/C24H22FN5O/c1-13-4-5-14-10-15(25)6-7-19(14)30(13)22(31)24-9-8-16(23(24,2)3)20-21(24)29-18(12-27)17(11-26)28-20/h6-7,10,13,16H,4-5,8-9H2,1-3H3/t13-,16+,24+/m1/s1. The van der Waals surface area contributed by atoms with Crippen LogP contribution in [-0.2, 0) is 16.6 Å². The van der Waals surface area contributed by atoms with Gasteiger partial charge in [0.15, 0.2) is 11.4 Å². The van der Waals surface area contributed by atoms with Crippen LogP contribution in [0.4, 0.5) is 10.1 Å². The maximum atomic E-state index is 14.4. The molecule has 3 aliphatic rings. The Morgan fingerprint density at radius 1 is 1.19 bits per heavy atom. The van der Waals surface area contributed by atoms with Crippen LogP contribution in [0.25, 0.3) is 0 Å². The van der Waals surface area contributed by atoms with Crippen molar-refractivity contribution in [3.05, 3.63) is 52.4 Å². The summed E-state index contributed by atoms with van der Waals surface area (Å²) in [4.78, 5) is 25.2. The molecule has 1 fully saturated rings. The Hall–Kier alpha value is -3.32. The number of hydrogen-bond acceptors (Lipinski definition) is 5. The second kappa shape index (κ2) is 6.34. The molecule has 7 heteroatoms. The second-order valence-electron chi connectivity index (χ2n) is 9.43. The van der Waals surface area contributed by atoms with Crippen LogP contribution in [0.3, 0.4) is 0 Å². The summed E-state index contributed by atoms with van der Waals surface area (Å²) in [7, 11) is 0. The Balaban J connectivity index is 1.72. The van der Waals surface area contributed by atoms with Crippen LogP contribution in [0.2, 0.25) is 0 Å². The van der Waals surface area contributed by atoms with Gasteiger partial charge in [-0.1, -0.05) is 13.8 Å². The minimum atomic E-state index is -0.934. The lowest BCUT2D eigenvalue weighted by molar-refractivity contribution is -0.127. The van der Waals surface area contributed by atoms with E-state index in [2.05, 4.69) is 23.8 Å². The number of amides is 1. The summed E-state index contributed by atoms with van der Waals surface area (Å²) in [5.41, 5.74) is 1.36. The molecule has 2 aliphatic carbocycles. The van der Waals surface area contributed by atoms with Crippen LogP contribution in [0, 0.1) is 33.9 Å². The van der Waals surface area contributed by atoms with Gasteiger partial charge in [-0.3, -0.25) is 4.79 Å². The number of carbonyl (C=O) groups is 1. The van der Waals surface area contributed by atoms with E-state index in [0.717, 1.165) is 30.5 Å². The first-order valence-electron chi connectivity index (χ1n) is 10.6. The van der Waals surface area contributed by atoms with E-state index in [1.54, 1.807) is 6.07 Å². The third kappa shape index (κ3) is 2.32. The molecule has 156 valence electrons. The Bertz CT molecular complexity index is 1220. The molecular weight excluding hydrogens is 393 g/mol. The van der Waals surface area contributed by atoms with E-state index in [1.807, 2.05) is 24.0 Å². The molecule has 1 aromatic heterocycles. The summed E-state index contributed by atoms with van der Waals surface area (Å²) in [6.45, 7) is 6.13. The van der Waals surface area contributed by atoms with Gasteiger partial charge in [0.1, 0.15) is 18.0 Å². The van der Waals surface area contributed by atoms with Crippen molar-refractivity contribution in [2.75, 3.05) is 4.90 Å². The van der Waals surface area contributed by atoms with Crippen LogP contribution in [0.1, 0.15) is 74.3 Å². The van der Waals surface area contributed by atoms with Crippen LogP contribution in [-0.4, -0.2) is 21.9 Å². The fourth-order valence-corrected chi connectivity index (χ4v) is 6.12. The summed E-state index contributed by atoms with van der Waals surface area (Å²) in [5, 5.41) is 18.9. The van der Waals surface area contributed by atoms with Gasteiger partial charge in [0.05, 0.1) is 16.8 Å². The summed E-state index contributed by atoms with van der Waals surface area (Å²) in [5.74, 6) is -0.381. The molecule has 31 heavy (non-hydrogen) atoms. The Morgan fingerprint density at radius 2 is 1.90 bits per heavy atom. The highest BCUT2D eigenvalue weighted by atomic mass is 19.1. The van der Waals surface area contributed by atoms with Gasteiger partial charge in [0.25, 0.3) is 0 Å². The molecule has 0 radical (unpaired) electrons. The number of carbonyl (C=O) groups excluding carboxylic acids is 1. The highest BCUT2D eigenvalue weighted by Gasteiger charge is 2.69. The van der Waals surface area contributed by atoms with Crippen molar-refractivity contribution in [1.29, 1.82) is 10.5 Å². The van der Waals surface area contributed by atoms with Crippen molar-refractivity contribution in [2.24, 2.45) is 5.41 Å². The largest absolute Gasteiger partial charge is 0.309 e. The lowest BCUT2D eigenvalue weighted by atomic mass is 9.67. The first-order valence-corrected chi connectivity index (χ1v) is 10.6. The molecule has 0 unspecified atom stereocenters. The van der Waals surface area contributed by atoms with Crippen molar-refractivity contribution >= 4 is 11.6 Å². The maximum absolute atomic E-state index is 14.4. The van der Waals surface area contributed by atoms with Crippen molar-refractivity contribution in [1.82, 2.24) is 9.97 Å². The average Bonchev–Trinajstić information content (AvgIpc) is 3.13. The van der Waals surface area contributed by atoms with E-state index >= 15 is 0 Å². The minimum Gasteiger partial charge on any atom is -0.309 e. The van der Waals surface area contributed by atoms with Gasteiger partial charge in [-0.2, -0.15) is 10.5 Å². The number of fused-ring (bicyclic) bond motifs is 6. The smallest absolute Gasteiger partial charge is 0.240 e. The fraction of sp³-hybridized carbons (Fsp3) is 0.458. The normalized spacial score (nSPS) is 27.2. The third-order valence-electron chi connectivity index (χ3n) is 7.81. The average molecular weight is 415 g/mol. The summed E-state index contributed by atoms with van der Waals surface area (Å²) >= 11 is 0. The molecule has 0 saturated heterocycles. The Labute approximate surface area is 180 Å². The van der Waals surface area contributed by atoms with Crippen molar-refractivity contribution in [2.45, 2.75) is 63.8 Å². The molecular formula is C24H22FN5O. The fourth-order valence-electron chi connectivity index (χ4n) is 6.12. The molecule has 6 nitrogen and oxygen atoms in total. The maximum Gasteiger partial charge on any atom is 0.240 e. The van der Waals surface area contributed by atoms with Gasteiger partial charge < -0.3 is 4.90 Å². The van der Waals surface area contributed by atoms with Gasteiger partial charge in [-0.15, -0.1) is 0 Å². The molecule has 2 bridgehead atoms. The van der Waals surface area contributed by atoms with Crippen LogP contribution in [0.5, 0.6) is 0 Å². The number of nitriles is 2. The van der Waals surface area contributed by atoms with Crippen LogP contribution >= 0.6 is 0 Å². The molecule has 2 heterocycles. The van der Waals surface area contributed by atoms with Gasteiger partial charge in [-0.25, -0.2) is 14.4 Å². The lowest BCUT2D eigenvalue weighted by Crippen LogP contribution is -2.55. The SMILES string of the molecule is C[C@@H]1CCc2cc(F)ccc2N1C(=O)[C@]12CC[C@@H](c3nc(C#N)c(C#N)nc31)C2(C)C. The highest BCUT2D eigenvalue weighted by Crippen LogP contribution is 2.67. The zero-order chi connectivity index (χ0) is 22.1. The predicted molar refractivity (Wildman–Crippen MR) is 111 cm³/mol. The Morgan fingerprint density at radius 3 is 2.61 bits per heavy atom. The first-order chi connectivity index (χ1) is 14.8. The van der Waals surface area contributed by atoms with Crippen molar-refractivity contribution in [3.63, 3.8) is 0 Å². The quantitative estimate of drug-likeness (QED) is 0.704. The molecule has 5 rings (SSSR count). The number of aryl methyl sites for hydroxylation is 1. The minimum absolute atomic E-state index is 0.00780. The number of rotatable bonds is 1. The van der Waals surface area contributed by atoms with Crippen molar-refractivity contribution in [3.8, 4) is 12.1 Å². The molecule has 3 atom stereocenters. The molecule has 1 amide bonds. The van der Waals surface area contributed by atoms with Gasteiger partial charge in [0, 0.05) is 17.6 Å². The number of benzene rings is 1. The van der Waals surface area contributed by atoms with Crippen LogP contribution in [0.15, 0.2) is 18.2 Å². The van der Waals surface area contributed by atoms with E-state index in [0.29, 0.717) is 17.8 Å². The number of aromatic nitrogens is 2. The number of nitrogens with zero attached hydrogens (tertiary/aromatic N) is 5. The predicted octanol–water partition coefficient (Wildman–Crippen LogP) is 3.88. The zero-order valence-corrected chi connectivity index (χ0v) is 17.7. The van der Waals surface area contributed by atoms with E-state index < -0.39 is 10.8 Å². The van der Waals surface area contributed by atoms with Crippen LogP contribution < -0.4 is 4.90 Å². The first kappa shape index (κ1) is 19.6. The van der Waals surface area contributed by atoms with E-state index in [4.69, 9.17) is 0 Å². The number of halogens is 1. The number of anilines is 1. The van der Waals surface area contributed by atoms with Gasteiger partial charge in [0.2, 0.25) is 5.91 Å². The van der Waals surface area contributed by atoms with E-state index in [9.17, 15) is 19.7 Å². The monoisotopic (exact) mass is 415 g/mol. The Kier molecular flexibility index (Phi) is 4.02. The summed E-state index contributed by atoms with van der Waals surface area (Å²) in [6, 6.07) is 8.49. The van der Waals surface area contributed by atoms with Crippen molar-refractivity contribution < 1.29 is 9.18 Å². The molecule has 1 aromatic carbocycles. The third-order valence-corrected chi connectivity index (χ3v) is 7.81. The number of hydrogen-bond donors (Lipinski definition) is 0. The zero-order valence-electron chi connectivity index (χ0n) is 17.7. The van der Waals surface area contributed by atoms with E-state index in [-0.39, 0.29) is 35.1 Å². The van der Waals surface area contributed by atoms with Gasteiger partial charge >= 0.3 is 0 Å². The summed E-state index contributed by atoms with van der Waals surface area (Å²) < 4.78 is 13.9. The molecule has 1 saturated carbocycles. The topological polar surface area (TPSA) is 93.7 Å². The summed E-state index contributed by atoms with van der Waals surface area (Å²) in [6.07, 6.45) is 2.85. The second-order valence-corrected chi connectivity index (χ2v) is 9.43. The molecule has 2 aromatic rings. The highest BCUT2D eigenvalue weighted by molar-refractivity contribution is 6.04. The lowest BCUT2D eigenvalue weighted by Gasteiger charge is -2.44. The van der Waals surface area contributed by atoms with E-state index in [1.165, 1.54) is 12.1 Å². The molecule has 1 aliphatic heterocycles. The molecule has 0 N–H and O–H groups in total. The van der Waals surface area contributed by atoms with Gasteiger partial charge in [-0.05, 0) is 61.8 Å². The molecule has 0 spiro atoms.